The van der Waals surface area contributed by atoms with E-state index in [9.17, 15) is 18.0 Å². The van der Waals surface area contributed by atoms with Gasteiger partial charge in [-0.2, -0.15) is 13.2 Å². The van der Waals surface area contributed by atoms with Crippen LogP contribution in [0.1, 0.15) is 38.5 Å². The first kappa shape index (κ1) is 20.8. The standard InChI is InChI=1S/C17H30F3N5O/c1-21-16(22-8-9-25(2)11-17(18,19)20)24-14-5-3-4-12(10-14)15(26)23-13-6-7-13/h12-14H,3-11H2,1-2H3,(H,23,26)(H2,21,22,24). The van der Waals surface area contributed by atoms with Gasteiger partial charge in [0.1, 0.15) is 0 Å². The minimum absolute atomic E-state index is 0.0258. The number of rotatable bonds is 7. The molecule has 26 heavy (non-hydrogen) atoms. The van der Waals surface area contributed by atoms with Gasteiger partial charge in [-0.1, -0.05) is 6.42 Å². The Bertz CT molecular complexity index is 493. The van der Waals surface area contributed by atoms with E-state index < -0.39 is 12.7 Å². The van der Waals surface area contributed by atoms with Gasteiger partial charge in [-0.05, 0) is 39.2 Å². The van der Waals surface area contributed by atoms with E-state index in [1.165, 1.54) is 11.9 Å². The molecule has 0 bridgehead atoms. The summed E-state index contributed by atoms with van der Waals surface area (Å²) in [6.07, 6.45) is 1.58. The van der Waals surface area contributed by atoms with Gasteiger partial charge in [-0.25, -0.2) is 0 Å². The molecule has 150 valence electrons. The van der Waals surface area contributed by atoms with Crippen molar-refractivity contribution in [3.63, 3.8) is 0 Å². The van der Waals surface area contributed by atoms with Crippen LogP contribution in [0.4, 0.5) is 13.2 Å². The number of nitrogens with zero attached hydrogens (tertiary/aromatic N) is 2. The fraction of sp³-hybridized carbons (Fsp3) is 0.882. The second-order valence-corrected chi connectivity index (χ2v) is 7.34. The topological polar surface area (TPSA) is 68.8 Å². The average molecular weight is 377 g/mol. The highest BCUT2D eigenvalue weighted by molar-refractivity contribution is 5.81. The van der Waals surface area contributed by atoms with E-state index in [1.807, 2.05) is 0 Å². The molecule has 0 spiro atoms. The highest BCUT2D eigenvalue weighted by atomic mass is 19.4. The number of hydrogen-bond donors (Lipinski definition) is 3. The maximum atomic E-state index is 12.3. The van der Waals surface area contributed by atoms with Crippen molar-refractivity contribution in [3.05, 3.63) is 0 Å². The highest BCUT2D eigenvalue weighted by Gasteiger charge is 2.31. The molecule has 3 N–H and O–H groups in total. The molecule has 2 unspecified atom stereocenters. The van der Waals surface area contributed by atoms with E-state index in [0.29, 0.717) is 18.5 Å². The molecule has 0 heterocycles. The molecule has 0 saturated heterocycles. The minimum atomic E-state index is -4.19. The Labute approximate surface area is 153 Å². The Morgan fingerprint density at radius 3 is 2.50 bits per heavy atom. The second kappa shape index (κ2) is 9.43. The summed E-state index contributed by atoms with van der Waals surface area (Å²) in [5, 5.41) is 9.42. The molecule has 2 atom stereocenters. The molecule has 6 nitrogen and oxygen atoms in total. The third-order valence-corrected chi connectivity index (χ3v) is 4.77. The number of halogens is 3. The van der Waals surface area contributed by atoms with Crippen molar-refractivity contribution < 1.29 is 18.0 Å². The molecule has 0 aromatic carbocycles. The fourth-order valence-electron chi connectivity index (χ4n) is 3.24. The number of nitrogens with one attached hydrogen (secondary N) is 3. The molecule has 2 aliphatic rings. The number of aliphatic imine (C=N–C) groups is 1. The van der Waals surface area contributed by atoms with Gasteiger partial charge in [-0.3, -0.25) is 14.7 Å². The van der Waals surface area contributed by atoms with Crippen LogP contribution in [0.25, 0.3) is 0 Å². The Morgan fingerprint density at radius 2 is 1.88 bits per heavy atom. The molecule has 2 rings (SSSR count). The highest BCUT2D eigenvalue weighted by Crippen LogP contribution is 2.26. The van der Waals surface area contributed by atoms with Crippen LogP contribution in [-0.2, 0) is 4.79 Å². The first-order valence-corrected chi connectivity index (χ1v) is 9.29. The van der Waals surface area contributed by atoms with Crippen LogP contribution < -0.4 is 16.0 Å². The quantitative estimate of drug-likeness (QED) is 0.464. The molecule has 0 aromatic heterocycles. The molecule has 9 heteroatoms. The SMILES string of the molecule is CN=C(NCCN(C)CC(F)(F)F)NC1CCCC(C(=O)NC2CC2)C1. The zero-order valence-corrected chi connectivity index (χ0v) is 15.5. The van der Waals surface area contributed by atoms with Gasteiger partial charge in [0.25, 0.3) is 0 Å². The number of amides is 1. The van der Waals surface area contributed by atoms with Crippen molar-refractivity contribution in [3.8, 4) is 0 Å². The van der Waals surface area contributed by atoms with Gasteiger partial charge in [0, 0.05) is 38.1 Å². The van der Waals surface area contributed by atoms with Gasteiger partial charge >= 0.3 is 6.18 Å². The van der Waals surface area contributed by atoms with Crippen LogP contribution in [0.5, 0.6) is 0 Å². The largest absolute Gasteiger partial charge is 0.401 e. The summed E-state index contributed by atoms with van der Waals surface area (Å²) in [6, 6.07) is 0.525. The van der Waals surface area contributed by atoms with Gasteiger partial charge in [-0.15, -0.1) is 0 Å². The van der Waals surface area contributed by atoms with E-state index in [-0.39, 0.29) is 24.4 Å². The number of hydrogen-bond acceptors (Lipinski definition) is 3. The zero-order chi connectivity index (χ0) is 19.2. The van der Waals surface area contributed by atoms with E-state index in [1.54, 1.807) is 7.05 Å². The molecular formula is C17H30F3N5O. The van der Waals surface area contributed by atoms with Gasteiger partial charge in [0.05, 0.1) is 6.54 Å². The van der Waals surface area contributed by atoms with Crippen molar-refractivity contribution >= 4 is 11.9 Å². The van der Waals surface area contributed by atoms with Crippen LogP contribution >= 0.6 is 0 Å². The lowest BCUT2D eigenvalue weighted by Crippen LogP contribution is -2.48. The summed E-state index contributed by atoms with van der Waals surface area (Å²) in [5.41, 5.74) is 0. The Kier molecular flexibility index (Phi) is 7.55. The Morgan fingerprint density at radius 1 is 1.15 bits per heavy atom. The summed E-state index contributed by atoms with van der Waals surface area (Å²) < 4.78 is 37.0. The number of likely N-dealkylation sites (N-methyl/N-ethyl adjacent to an activating group) is 1. The normalized spacial score (nSPS) is 24.5. The van der Waals surface area contributed by atoms with Gasteiger partial charge < -0.3 is 16.0 Å². The van der Waals surface area contributed by atoms with Crippen molar-refractivity contribution in [1.29, 1.82) is 0 Å². The number of guanidine groups is 1. The van der Waals surface area contributed by atoms with Crippen molar-refractivity contribution in [2.75, 3.05) is 33.7 Å². The monoisotopic (exact) mass is 377 g/mol. The first-order valence-electron chi connectivity index (χ1n) is 9.29. The lowest BCUT2D eigenvalue weighted by molar-refractivity contribution is -0.142. The van der Waals surface area contributed by atoms with E-state index in [2.05, 4.69) is 20.9 Å². The summed E-state index contributed by atoms with van der Waals surface area (Å²) >= 11 is 0. The molecule has 2 fully saturated rings. The van der Waals surface area contributed by atoms with Crippen molar-refractivity contribution in [2.45, 2.75) is 56.8 Å². The average Bonchev–Trinajstić information content (AvgIpc) is 3.36. The molecule has 2 saturated carbocycles. The Balaban J connectivity index is 1.70. The van der Waals surface area contributed by atoms with E-state index in [4.69, 9.17) is 0 Å². The maximum Gasteiger partial charge on any atom is 0.401 e. The molecule has 0 aromatic rings. The molecule has 1 amide bonds. The third-order valence-electron chi connectivity index (χ3n) is 4.77. The number of carbonyl (C=O) groups excluding carboxylic acids is 1. The van der Waals surface area contributed by atoms with Crippen molar-refractivity contribution in [1.82, 2.24) is 20.9 Å². The summed E-state index contributed by atoms with van der Waals surface area (Å²) in [6.45, 7) is -0.303. The van der Waals surface area contributed by atoms with Crippen LogP contribution in [0, 0.1) is 5.92 Å². The zero-order valence-electron chi connectivity index (χ0n) is 15.5. The molecule has 2 aliphatic carbocycles. The smallest absolute Gasteiger partial charge is 0.355 e. The fourth-order valence-corrected chi connectivity index (χ4v) is 3.24. The van der Waals surface area contributed by atoms with Crippen LogP contribution in [0.3, 0.4) is 0 Å². The van der Waals surface area contributed by atoms with E-state index in [0.717, 1.165) is 38.5 Å². The van der Waals surface area contributed by atoms with Crippen molar-refractivity contribution in [2.24, 2.45) is 10.9 Å². The first-order chi connectivity index (χ1) is 12.3. The summed E-state index contributed by atoms with van der Waals surface area (Å²) in [4.78, 5) is 17.6. The second-order valence-electron chi connectivity index (χ2n) is 7.34. The molecule has 0 radical (unpaired) electrons. The summed E-state index contributed by atoms with van der Waals surface area (Å²) in [7, 11) is 3.07. The number of alkyl halides is 3. The summed E-state index contributed by atoms with van der Waals surface area (Å²) in [5.74, 6) is 0.743. The Hall–Kier alpha value is -1.51. The van der Waals surface area contributed by atoms with Gasteiger partial charge in [0.15, 0.2) is 5.96 Å². The van der Waals surface area contributed by atoms with Crippen LogP contribution in [0.2, 0.25) is 0 Å². The van der Waals surface area contributed by atoms with Gasteiger partial charge in [0.2, 0.25) is 5.91 Å². The third kappa shape index (κ3) is 7.80. The number of carbonyl (C=O) groups is 1. The lowest BCUT2D eigenvalue weighted by atomic mass is 9.85. The van der Waals surface area contributed by atoms with E-state index >= 15 is 0 Å². The van der Waals surface area contributed by atoms with Crippen LogP contribution in [-0.4, -0.2) is 68.8 Å². The predicted octanol–water partition coefficient (Wildman–Crippen LogP) is 1.48. The van der Waals surface area contributed by atoms with Crippen LogP contribution in [0.15, 0.2) is 4.99 Å². The maximum absolute atomic E-state index is 12.3. The molecular weight excluding hydrogens is 347 g/mol. The predicted molar refractivity (Wildman–Crippen MR) is 95.0 cm³/mol. The minimum Gasteiger partial charge on any atom is -0.355 e. The molecule has 0 aliphatic heterocycles. The lowest BCUT2D eigenvalue weighted by Gasteiger charge is -2.30.